The van der Waals surface area contributed by atoms with Gasteiger partial charge < -0.3 is 5.73 Å². The molecule has 0 unspecified atom stereocenters. The van der Waals surface area contributed by atoms with Gasteiger partial charge in [0.1, 0.15) is 6.07 Å². The molecule has 5 nitrogen and oxygen atoms in total. The highest BCUT2D eigenvalue weighted by atomic mass is 19.4. The van der Waals surface area contributed by atoms with E-state index in [0.29, 0.717) is 4.68 Å². The van der Waals surface area contributed by atoms with Crippen LogP contribution in [0.15, 0.2) is 24.7 Å². The zero-order valence-electron chi connectivity index (χ0n) is 8.81. The molecule has 0 atom stereocenters. The van der Waals surface area contributed by atoms with Gasteiger partial charge in [-0.25, -0.2) is 4.68 Å². The lowest BCUT2D eigenvalue weighted by atomic mass is 10.3. The maximum Gasteiger partial charge on any atom is 0.435 e. The molecule has 0 saturated heterocycles. The summed E-state index contributed by atoms with van der Waals surface area (Å²) < 4.78 is 39.0. The highest BCUT2D eigenvalue weighted by Crippen LogP contribution is 2.34. The highest BCUT2D eigenvalue weighted by molar-refractivity contribution is 5.48. The van der Waals surface area contributed by atoms with Crippen molar-refractivity contribution < 1.29 is 13.2 Å². The number of halogens is 3. The fourth-order valence-corrected chi connectivity index (χ4v) is 1.45. The summed E-state index contributed by atoms with van der Waals surface area (Å²) in [5, 5.41) is 12.2. The van der Waals surface area contributed by atoms with Crippen molar-refractivity contribution in [2.45, 2.75) is 6.18 Å². The summed E-state index contributed by atoms with van der Waals surface area (Å²) in [7, 11) is 0. The number of anilines is 1. The Hall–Kier alpha value is -2.56. The number of nitrogens with two attached hydrogens (primary N) is 1. The molecular formula is C10H6F3N5. The molecular weight excluding hydrogens is 247 g/mol. The first-order valence-electron chi connectivity index (χ1n) is 4.69. The van der Waals surface area contributed by atoms with Crippen LogP contribution in [0.5, 0.6) is 0 Å². The Balaban J connectivity index is 2.62. The predicted octanol–water partition coefficient (Wildman–Crippen LogP) is 1.74. The molecule has 2 aromatic rings. The van der Waals surface area contributed by atoms with Gasteiger partial charge in [0.25, 0.3) is 0 Å². The first-order chi connectivity index (χ1) is 8.43. The lowest BCUT2D eigenvalue weighted by molar-refractivity contribution is -0.142. The van der Waals surface area contributed by atoms with Gasteiger partial charge in [-0.2, -0.15) is 23.5 Å². The maximum atomic E-state index is 12.8. The Morgan fingerprint density at radius 1 is 1.28 bits per heavy atom. The van der Waals surface area contributed by atoms with Crippen molar-refractivity contribution in [1.29, 1.82) is 5.26 Å². The summed E-state index contributed by atoms with van der Waals surface area (Å²) in [6, 6.07) is 3.03. The predicted molar refractivity (Wildman–Crippen MR) is 55.5 cm³/mol. The molecule has 0 spiro atoms. The third kappa shape index (κ3) is 1.98. The lowest BCUT2D eigenvalue weighted by Gasteiger charge is -2.10. The molecule has 0 saturated carbocycles. The van der Waals surface area contributed by atoms with Gasteiger partial charge in [-0.15, -0.1) is 0 Å². The number of nitriles is 1. The number of alkyl halides is 3. The standard InChI is InChI=1S/C10H6F3N5/c11-10(12,13)9-8(15)5-17-18(9)7-1-6(2-14)3-16-4-7/h1,3-5H,15H2. The molecule has 0 amide bonds. The van der Waals surface area contributed by atoms with Crippen LogP contribution >= 0.6 is 0 Å². The van der Waals surface area contributed by atoms with Crippen molar-refractivity contribution in [1.82, 2.24) is 14.8 Å². The zero-order chi connectivity index (χ0) is 13.3. The maximum absolute atomic E-state index is 12.8. The van der Waals surface area contributed by atoms with Crippen molar-refractivity contribution in [3.63, 3.8) is 0 Å². The smallest absolute Gasteiger partial charge is 0.396 e. The molecule has 2 N–H and O–H groups in total. The number of nitrogen functional groups attached to an aromatic ring is 1. The van der Waals surface area contributed by atoms with Crippen LogP contribution in [0.2, 0.25) is 0 Å². The minimum atomic E-state index is -4.64. The van der Waals surface area contributed by atoms with Gasteiger partial charge in [-0.1, -0.05) is 0 Å². The number of aromatic nitrogens is 3. The first-order valence-corrected chi connectivity index (χ1v) is 4.69. The second-order valence-electron chi connectivity index (χ2n) is 3.40. The van der Waals surface area contributed by atoms with E-state index in [2.05, 4.69) is 10.1 Å². The van der Waals surface area contributed by atoms with Gasteiger partial charge in [0.2, 0.25) is 0 Å². The summed E-state index contributed by atoms with van der Waals surface area (Å²) >= 11 is 0. The molecule has 0 radical (unpaired) electrons. The van der Waals surface area contributed by atoms with E-state index >= 15 is 0 Å². The van der Waals surface area contributed by atoms with Crippen LogP contribution in [-0.2, 0) is 6.18 Å². The largest absolute Gasteiger partial charge is 0.435 e. The Kier molecular flexibility index (Phi) is 2.67. The number of hydrogen-bond donors (Lipinski definition) is 1. The van der Waals surface area contributed by atoms with Crippen molar-refractivity contribution in [2.75, 3.05) is 5.73 Å². The van der Waals surface area contributed by atoms with E-state index in [0.717, 1.165) is 6.20 Å². The van der Waals surface area contributed by atoms with Crippen molar-refractivity contribution in [3.8, 4) is 11.8 Å². The molecule has 2 aromatic heterocycles. The lowest BCUT2D eigenvalue weighted by Crippen LogP contribution is -2.15. The third-order valence-corrected chi connectivity index (χ3v) is 2.16. The Labute approximate surface area is 99.3 Å². The van der Waals surface area contributed by atoms with Gasteiger partial charge in [-0.05, 0) is 6.07 Å². The summed E-state index contributed by atoms with van der Waals surface area (Å²) in [6.45, 7) is 0. The van der Waals surface area contributed by atoms with Crippen LogP contribution in [0.3, 0.4) is 0 Å². The fraction of sp³-hybridized carbons (Fsp3) is 0.100. The van der Waals surface area contributed by atoms with E-state index in [9.17, 15) is 13.2 Å². The van der Waals surface area contributed by atoms with Crippen LogP contribution in [-0.4, -0.2) is 14.8 Å². The van der Waals surface area contributed by atoms with Gasteiger partial charge in [0, 0.05) is 6.20 Å². The van der Waals surface area contributed by atoms with E-state index in [1.807, 2.05) is 0 Å². The summed E-state index contributed by atoms with van der Waals surface area (Å²) in [6.07, 6.45) is -1.32. The molecule has 18 heavy (non-hydrogen) atoms. The minimum Gasteiger partial charge on any atom is -0.396 e. The topological polar surface area (TPSA) is 80.5 Å². The molecule has 2 rings (SSSR count). The Bertz CT molecular complexity index is 623. The third-order valence-electron chi connectivity index (χ3n) is 2.16. The number of hydrogen-bond acceptors (Lipinski definition) is 4. The van der Waals surface area contributed by atoms with E-state index in [1.165, 1.54) is 18.5 Å². The first kappa shape index (κ1) is 11.9. The van der Waals surface area contributed by atoms with Crippen LogP contribution in [0.4, 0.5) is 18.9 Å². The van der Waals surface area contributed by atoms with Gasteiger partial charge >= 0.3 is 6.18 Å². The van der Waals surface area contributed by atoms with E-state index in [4.69, 9.17) is 11.0 Å². The monoisotopic (exact) mass is 253 g/mol. The fourth-order valence-electron chi connectivity index (χ4n) is 1.45. The molecule has 2 heterocycles. The molecule has 0 fully saturated rings. The van der Waals surface area contributed by atoms with Crippen molar-refractivity contribution >= 4 is 5.69 Å². The highest BCUT2D eigenvalue weighted by Gasteiger charge is 2.38. The molecule has 92 valence electrons. The molecule has 0 aliphatic heterocycles. The number of rotatable bonds is 1. The van der Waals surface area contributed by atoms with E-state index in [-0.39, 0.29) is 11.3 Å². The summed E-state index contributed by atoms with van der Waals surface area (Å²) in [5.74, 6) is 0. The molecule has 0 aliphatic rings. The SMILES string of the molecule is N#Cc1cncc(-n2ncc(N)c2C(F)(F)F)c1. The second kappa shape index (κ2) is 4.03. The Morgan fingerprint density at radius 3 is 2.61 bits per heavy atom. The minimum absolute atomic E-state index is 0.0260. The van der Waals surface area contributed by atoms with Crippen molar-refractivity contribution in [3.05, 3.63) is 35.9 Å². The van der Waals surface area contributed by atoms with Gasteiger partial charge in [0.05, 0.1) is 29.3 Å². The van der Waals surface area contributed by atoms with Gasteiger partial charge in [0.15, 0.2) is 5.69 Å². The van der Waals surface area contributed by atoms with Crippen molar-refractivity contribution in [2.24, 2.45) is 0 Å². The summed E-state index contributed by atoms with van der Waals surface area (Å²) in [5.41, 5.74) is 3.84. The normalized spacial score (nSPS) is 11.2. The van der Waals surface area contributed by atoms with Crippen LogP contribution < -0.4 is 5.73 Å². The van der Waals surface area contributed by atoms with Crippen LogP contribution in [0.1, 0.15) is 11.3 Å². The number of pyridine rings is 1. The average Bonchev–Trinajstić information content (AvgIpc) is 2.71. The average molecular weight is 253 g/mol. The molecule has 0 aromatic carbocycles. The van der Waals surface area contributed by atoms with Gasteiger partial charge in [-0.3, -0.25) is 4.98 Å². The van der Waals surface area contributed by atoms with Crippen LogP contribution in [0.25, 0.3) is 5.69 Å². The second-order valence-corrected chi connectivity index (χ2v) is 3.40. The van der Waals surface area contributed by atoms with E-state index < -0.39 is 17.6 Å². The molecule has 0 bridgehead atoms. The van der Waals surface area contributed by atoms with Crippen LogP contribution in [0, 0.1) is 11.3 Å². The quantitative estimate of drug-likeness (QED) is 0.839. The summed E-state index contributed by atoms with van der Waals surface area (Å²) in [4.78, 5) is 3.67. The Morgan fingerprint density at radius 2 is 2.00 bits per heavy atom. The molecule has 8 heteroatoms. The molecule has 0 aliphatic carbocycles. The van der Waals surface area contributed by atoms with E-state index in [1.54, 1.807) is 6.07 Å². The number of nitrogens with zero attached hydrogens (tertiary/aromatic N) is 4. The zero-order valence-corrected chi connectivity index (χ0v) is 8.81.